The molecule has 2 aliphatic rings. The molecule has 0 aliphatic carbocycles. The molecule has 0 saturated carbocycles. The van der Waals surface area contributed by atoms with Crippen molar-refractivity contribution >= 4 is 34.6 Å². The molecule has 0 radical (unpaired) electrons. The first-order chi connectivity index (χ1) is 12.7. The number of thioether (sulfide) groups is 2. The number of hydrogen-bond acceptors (Lipinski definition) is 8. The molecule has 136 valence electrons. The Morgan fingerprint density at radius 2 is 2.23 bits per heavy atom. The number of aromatic nitrogens is 3. The van der Waals surface area contributed by atoms with Gasteiger partial charge in [-0.1, -0.05) is 23.5 Å². The number of amides is 1. The topological polar surface area (TPSA) is 90.6 Å². The van der Waals surface area contributed by atoms with Gasteiger partial charge < -0.3 is 19.4 Å². The lowest BCUT2D eigenvalue weighted by atomic mass is 10.2. The molecule has 1 amide bonds. The Bertz CT molecular complexity index is 868. The lowest BCUT2D eigenvalue weighted by Gasteiger charge is -2.08. The SMILES string of the molecule is CCn1c(SCC(=O)NC2=NCCS2)nnc1-c1ccc2c(c1)OCO2. The van der Waals surface area contributed by atoms with Crippen LogP contribution in [0.4, 0.5) is 0 Å². The van der Waals surface area contributed by atoms with Gasteiger partial charge in [0.15, 0.2) is 27.6 Å². The molecule has 2 aromatic rings. The van der Waals surface area contributed by atoms with E-state index in [4.69, 9.17) is 9.47 Å². The van der Waals surface area contributed by atoms with Crippen molar-refractivity contribution in [2.75, 3.05) is 24.8 Å². The van der Waals surface area contributed by atoms with Crippen LogP contribution in [-0.4, -0.2) is 50.7 Å². The highest BCUT2D eigenvalue weighted by Gasteiger charge is 2.19. The van der Waals surface area contributed by atoms with Crippen LogP contribution in [0.3, 0.4) is 0 Å². The Labute approximate surface area is 158 Å². The maximum Gasteiger partial charge on any atom is 0.236 e. The lowest BCUT2D eigenvalue weighted by molar-refractivity contribution is -0.117. The van der Waals surface area contributed by atoms with Gasteiger partial charge in [-0.15, -0.1) is 10.2 Å². The molecule has 0 fully saturated rings. The van der Waals surface area contributed by atoms with E-state index in [2.05, 4.69) is 20.5 Å². The first-order valence-electron chi connectivity index (χ1n) is 8.17. The van der Waals surface area contributed by atoms with Crippen LogP contribution in [0.1, 0.15) is 6.92 Å². The molecule has 1 N–H and O–H groups in total. The molecule has 1 aromatic heterocycles. The van der Waals surface area contributed by atoms with Gasteiger partial charge in [0.1, 0.15) is 0 Å². The van der Waals surface area contributed by atoms with Crippen molar-refractivity contribution in [1.82, 2.24) is 20.1 Å². The Hall–Kier alpha value is -2.20. The van der Waals surface area contributed by atoms with Crippen LogP contribution >= 0.6 is 23.5 Å². The summed E-state index contributed by atoms with van der Waals surface area (Å²) < 4.78 is 12.8. The average Bonchev–Trinajstić information content (AvgIpc) is 3.39. The van der Waals surface area contributed by atoms with Crippen LogP contribution in [0, 0.1) is 0 Å². The monoisotopic (exact) mass is 391 g/mol. The van der Waals surface area contributed by atoms with Gasteiger partial charge in [-0.25, -0.2) is 0 Å². The summed E-state index contributed by atoms with van der Waals surface area (Å²) in [6.07, 6.45) is 0. The van der Waals surface area contributed by atoms with Gasteiger partial charge in [0.2, 0.25) is 12.7 Å². The van der Waals surface area contributed by atoms with Gasteiger partial charge >= 0.3 is 0 Å². The zero-order valence-corrected chi connectivity index (χ0v) is 15.7. The number of carbonyl (C=O) groups excluding carboxylic acids is 1. The number of aliphatic imine (C=N–C) groups is 1. The number of carbonyl (C=O) groups is 1. The Balaban J connectivity index is 1.47. The smallest absolute Gasteiger partial charge is 0.236 e. The molecule has 0 saturated heterocycles. The van der Waals surface area contributed by atoms with E-state index in [0.29, 0.717) is 22.6 Å². The summed E-state index contributed by atoms with van der Waals surface area (Å²) in [6, 6.07) is 5.70. The number of amidine groups is 1. The van der Waals surface area contributed by atoms with E-state index in [1.54, 1.807) is 11.8 Å². The van der Waals surface area contributed by atoms with Crippen LogP contribution in [0.25, 0.3) is 11.4 Å². The minimum atomic E-state index is -0.0848. The third-order valence-electron chi connectivity index (χ3n) is 3.83. The number of rotatable bonds is 5. The number of fused-ring (bicyclic) bond motifs is 1. The van der Waals surface area contributed by atoms with Crippen LogP contribution in [0.2, 0.25) is 0 Å². The lowest BCUT2D eigenvalue weighted by Crippen LogP contribution is -2.29. The highest BCUT2D eigenvalue weighted by molar-refractivity contribution is 8.14. The number of nitrogens with zero attached hydrogens (tertiary/aromatic N) is 4. The van der Waals surface area contributed by atoms with E-state index in [1.165, 1.54) is 11.8 Å². The summed E-state index contributed by atoms with van der Waals surface area (Å²) in [7, 11) is 0. The summed E-state index contributed by atoms with van der Waals surface area (Å²) >= 11 is 2.93. The molecule has 1 aromatic carbocycles. The Morgan fingerprint density at radius 3 is 3.04 bits per heavy atom. The van der Waals surface area contributed by atoms with Gasteiger partial charge in [0.25, 0.3) is 0 Å². The zero-order chi connectivity index (χ0) is 17.9. The molecular formula is C16H17N5O3S2. The molecule has 3 heterocycles. The van der Waals surface area contributed by atoms with E-state index in [9.17, 15) is 4.79 Å². The van der Waals surface area contributed by atoms with Gasteiger partial charge in [-0.2, -0.15) is 0 Å². The van der Waals surface area contributed by atoms with Crippen LogP contribution in [0.5, 0.6) is 11.5 Å². The van der Waals surface area contributed by atoms with Crippen molar-refractivity contribution in [3.8, 4) is 22.9 Å². The summed E-state index contributed by atoms with van der Waals surface area (Å²) in [5.74, 6) is 3.28. The van der Waals surface area contributed by atoms with E-state index in [0.717, 1.165) is 29.4 Å². The number of nitrogens with one attached hydrogen (secondary N) is 1. The molecule has 8 nitrogen and oxygen atoms in total. The van der Waals surface area contributed by atoms with Gasteiger partial charge in [-0.3, -0.25) is 9.79 Å². The van der Waals surface area contributed by atoms with Crippen molar-refractivity contribution in [3.05, 3.63) is 18.2 Å². The fraction of sp³-hybridized carbons (Fsp3) is 0.375. The Kier molecular flexibility index (Phi) is 5.02. The maximum atomic E-state index is 12.1. The largest absolute Gasteiger partial charge is 0.454 e. The second-order valence-electron chi connectivity index (χ2n) is 5.49. The first-order valence-corrected chi connectivity index (χ1v) is 10.1. The number of benzene rings is 1. The fourth-order valence-electron chi connectivity index (χ4n) is 2.63. The molecular weight excluding hydrogens is 374 g/mol. The van der Waals surface area contributed by atoms with E-state index in [-0.39, 0.29) is 18.5 Å². The van der Waals surface area contributed by atoms with Crippen LogP contribution in [-0.2, 0) is 11.3 Å². The highest BCUT2D eigenvalue weighted by atomic mass is 32.2. The van der Waals surface area contributed by atoms with Crippen molar-refractivity contribution < 1.29 is 14.3 Å². The van der Waals surface area contributed by atoms with Crippen molar-refractivity contribution in [1.29, 1.82) is 0 Å². The van der Waals surface area contributed by atoms with Crippen LogP contribution < -0.4 is 14.8 Å². The third kappa shape index (κ3) is 3.51. The predicted octanol–water partition coefficient (Wildman–Crippen LogP) is 2.00. The molecule has 4 rings (SSSR count). The number of hydrogen-bond donors (Lipinski definition) is 1. The van der Waals surface area contributed by atoms with E-state index >= 15 is 0 Å². The molecule has 0 bridgehead atoms. The quantitative estimate of drug-likeness (QED) is 0.780. The normalized spacial score (nSPS) is 15.2. The van der Waals surface area contributed by atoms with Crippen molar-refractivity contribution in [2.45, 2.75) is 18.6 Å². The van der Waals surface area contributed by atoms with Gasteiger partial charge in [0, 0.05) is 17.9 Å². The molecule has 2 aliphatic heterocycles. The average molecular weight is 391 g/mol. The van der Waals surface area contributed by atoms with Crippen LogP contribution in [0.15, 0.2) is 28.3 Å². The third-order valence-corrected chi connectivity index (χ3v) is 5.69. The van der Waals surface area contributed by atoms with Crippen molar-refractivity contribution in [3.63, 3.8) is 0 Å². The second-order valence-corrected chi connectivity index (χ2v) is 7.52. The molecule has 0 atom stereocenters. The first kappa shape index (κ1) is 17.2. The summed E-state index contributed by atoms with van der Waals surface area (Å²) in [4.78, 5) is 16.3. The fourth-order valence-corrected chi connectivity index (χ4v) is 4.17. The summed E-state index contributed by atoms with van der Waals surface area (Å²) in [6.45, 7) is 3.71. The number of ether oxygens (including phenoxy) is 2. The van der Waals surface area contributed by atoms with E-state index in [1.807, 2.05) is 29.7 Å². The molecule has 26 heavy (non-hydrogen) atoms. The minimum Gasteiger partial charge on any atom is -0.454 e. The Morgan fingerprint density at radius 1 is 1.35 bits per heavy atom. The maximum absolute atomic E-state index is 12.1. The summed E-state index contributed by atoms with van der Waals surface area (Å²) in [5.41, 5.74) is 0.900. The standard InChI is InChI=1S/C16H17N5O3S2/c1-2-21-14(10-3-4-11-12(7-10)24-9-23-11)19-20-16(21)26-8-13(22)18-15-17-5-6-25-15/h3-4,7H,2,5-6,8-9H2,1H3,(H,17,18,22). The minimum absolute atomic E-state index is 0.0848. The predicted molar refractivity (Wildman–Crippen MR) is 101 cm³/mol. The van der Waals surface area contributed by atoms with E-state index < -0.39 is 0 Å². The van der Waals surface area contributed by atoms with Crippen molar-refractivity contribution in [2.24, 2.45) is 4.99 Å². The molecule has 10 heteroatoms. The zero-order valence-electron chi connectivity index (χ0n) is 14.1. The second kappa shape index (κ2) is 7.58. The summed E-state index contributed by atoms with van der Waals surface area (Å²) in [5, 5.41) is 12.8. The van der Waals surface area contributed by atoms with Gasteiger partial charge in [-0.05, 0) is 25.1 Å². The van der Waals surface area contributed by atoms with Gasteiger partial charge in [0.05, 0.1) is 12.3 Å². The molecule has 0 unspecified atom stereocenters. The molecule has 0 spiro atoms. The highest BCUT2D eigenvalue weighted by Crippen LogP contribution is 2.36.